The summed E-state index contributed by atoms with van der Waals surface area (Å²) in [7, 11) is 4.01. The number of thiophene rings is 1. The normalized spacial score (nSPS) is 10.8. The molecule has 0 aliphatic heterocycles. The number of likely N-dealkylation sites (N-methyl/N-ethyl adjacent to an activating group) is 1. The second-order valence-corrected chi connectivity index (χ2v) is 8.18. The van der Waals surface area contributed by atoms with Crippen LogP contribution in [-0.2, 0) is 11.2 Å². The zero-order chi connectivity index (χ0) is 18.5. The Balaban J connectivity index is 0.00000261. The summed E-state index contributed by atoms with van der Waals surface area (Å²) < 4.78 is 6.72. The molecule has 1 amide bonds. The molecule has 0 aliphatic carbocycles. The molecular formula is C19H24ClN3O2S2. The Morgan fingerprint density at radius 2 is 2.00 bits per heavy atom. The van der Waals surface area contributed by atoms with E-state index in [1.54, 1.807) is 16.2 Å². The predicted octanol–water partition coefficient (Wildman–Crippen LogP) is 4.32. The van der Waals surface area contributed by atoms with Crippen LogP contribution < -0.4 is 9.64 Å². The van der Waals surface area contributed by atoms with Gasteiger partial charge in [0.05, 0.1) is 17.7 Å². The zero-order valence-corrected chi connectivity index (χ0v) is 18.1. The fourth-order valence-electron chi connectivity index (χ4n) is 2.58. The van der Waals surface area contributed by atoms with Gasteiger partial charge in [-0.1, -0.05) is 23.5 Å². The number of halogens is 1. The zero-order valence-electron chi connectivity index (χ0n) is 15.7. The summed E-state index contributed by atoms with van der Waals surface area (Å²) in [4.78, 5) is 22.7. The maximum Gasteiger partial charge on any atom is 0.234 e. The van der Waals surface area contributed by atoms with E-state index in [1.807, 2.05) is 56.7 Å². The van der Waals surface area contributed by atoms with Gasteiger partial charge >= 0.3 is 0 Å². The third kappa shape index (κ3) is 5.42. The number of carbonyl (C=O) groups excluding carboxylic acids is 1. The van der Waals surface area contributed by atoms with Gasteiger partial charge in [0.1, 0.15) is 11.3 Å². The van der Waals surface area contributed by atoms with Gasteiger partial charge in [-0.3, -0.25) is 9.69 Å². The van der Waals surface area contributed by atoms with E-state index in [2.05, 4.69) is 4.90 Å². The minimum Gasteiger partial charge on any atom is -0.492 e. The smallest absolute Gasteiger partial charge is 0.234 e. The van der Waals surface area contributed by atoms with Crippen LogP contribution in [0.4, 0.5) is 5.13 Å². The number of fused-ring (bicyclic) bond motifs is 1. The molecule has 8 heteroatoms. The lowest BCUT2D eigenvalue weighted by atomic mass is 10.3. The molecule has 0 saturated heterocycles. The number of rotatable bonds is 8. The van der Waals surface area contributed by atoms with Gasteiger partial charge in [0.15, 0.2) is 5.13 Å². The summed E-state index contributed by atoms with van der Waals surface area (Å²) in [6, 6.07) is 9.88. The summed E-state index contributed by atoms with van der Waals surface area (Å²) in [6.45, 7) is 3.94. The molecule has 0 saturated carbocycles. The van der Waals surface area contributed by atoms with Crippen molar-refractivity contribution in [2.75, 3.05) is 38.7 Å². The highest BCUT2D eigenvalue weighted by Crippen LogP contribution is 2.34. The molecular weight excluding hydrogens is 402 g/mol. The lowest BCUT2D eigenvalue weighted by Gasteiger charge is -2.21. The minimum absolute atomic E-state index is 0. The standard InChI is InChI=1S/C19H23N3O2S2.ClH/c1-4-24-15-8-5-9-16-18(15)20-19(26-16)22(11-10-21(2)3)17(23)13-14-7-6-12-25-14;/h5-9,12H,4,10-11,13H2,1-3H3;1H. The maximum absolute atomic E-state index is 13.0. The van der Waals surface area contributed by atoms with Crippen LogP contribution in [0.3, 0.4) is 0 Å². The SMILES string of the molecule is CCOc1cccc2sc(N(CCN(C)C)C(=O)Cc3cccs3)nc12.Cl. The van der Waals surface area contributed by atoms with Gasteiger partial charge in [-0.15, -0.1) is 23.7 Å². The average Bonchev–Trinajstić information content (AvgIpc) is 3.25. The third-order valence-corrected chi connectivity index (χ3v) is 5.80. The van der Waals surface area contributed by atoms with Crippen LogP contribution in [0.2, 0.25) is 0 Å². The molecule has 1 aromatic carbocycles. The second kappa shape index (κ2) is 10.0. The number of ether oxygens (including phenoxy) is 1. The maximum atomic E-state index is 13.0. The highest BCUT2D eigenvalue weighted by molar-refractivity contribution is 7.22. The van der Waals surface area contributed by atoms with Gasteiger partial charge in [0.2, 0.25) is 5.91 Å². The minimum atomic E-state index is 0. The highest BCUT2D eigenvalue weighted by Gasteiger charge is 2.21. The Morgan fingerprint density at radius 1 is 1.19 bits per heavy atom. The third-order valence-electron chi connectivity index (χ3n) is 3.88. The van der Waals surface area contributed by atoms with Crippen molar-refractivity contribution >= 4 is 56.3 Å². The van der Waals surface area contributed by atoms with Crippen LogP contribution in [0.5, 0.6) is 5.75 Å². The molecule has 2 heterocycles. The number of thiazole rings is 1. The van der Waals surface area contributed by atoms with Gasteiger partial charge in [0.25, 0.3) is 0 Å². The van der Waals surface area contributed by atoms with E-state index in [0.29, 0.717) is 19.6 Å². The van der Waals surface area contributed by atoms with E-state index in [9.17, 15) is 4.79 Å². The largest absolute Gasteiger partial charge is 0.492 e. The van der Waals surface area contributed by atoms with Crippen LogP contribution in [0.1, 0.15) is 11.8 Å². The summed E-state index contributed by atoms with van der Waals surface area (Å²) in [5, 5.41) is 2.73. The molecule has 0 fully saturated rings. The summed E-state index contributed by atoms with van der Waals surface area (Å²) in [5.41, 5.74) is 0.827. The van der Waals surface area contributed by atoms with Crippen molar-refractivity contribution in [2.45, 2.75) is 13.3 Å². The number of benzene rings is 1. The second-order valence-electron chi connectivity index (χ2n) is 6.14. The van der Waals surface area contributed by atoms with E-state index in [0.717, 1.165) is 32.5 Å². The average molecular weight is 426 g/mol. The van der Waals surface area contributed by atoms with Gasteiger partial charge in [-0.25, -0.2) is 4.98 Å². The molecule has 0 bridgehead atoms. The number of nitrogens with zero attached hydrogens (tertiary/aromatic N) is 3. The Hall–Kier alpha value is -1.67. The van der Waals surface area contributed by atoms with Gasteiger partial charge < -0.3 is 9.64 Å². The van der Waals surface area contributed by atoms with E-state index in [-0.39, 0.29) is 18.3 Å². The summed E-state index contributed by atoms with van der Waals surface area (Å²) in [6.07, 6.45) is 0.402. The van der Waals surface area contributed by atoms with Crippen molar-refractivity contribution < 1.29 is 9.53 Å². The number of anilines is 1. The number of aromatic nitrogens is 1. The topological polar surface area (TPSA) is 45.7 Å². The van der Waals surface area contributed by atoms with Crippen molar-refractivity contribution in [3.8, 4) is 5.75 Å². The molecule has 3 aromatic rings. The Morgan fingerprint density at radius 3 is 2.67 bits per heavy atom. The molecule has 146 valence electrons. The van der Waals surface area contributed by atoms with Crippen LogP contribution in [0.25, 0.3) is 10.2 Å². The number of amides is 1. The highest BCUT2D eigenvalue weighted by atomic mass is 35.5. The first-order valence-electron chi connectivity index (χ1n) is 8.58. The first kappa shape index (κ1) is 21.6. The molecule has 0 aliphatic rings. The first-order valence-corrected chi connectivity index (χ1v) is 10.3. The molecule has 27 heavy (non-hydrogen) atoms. The van der Waals surface area contributed by atoms with E-state index >= 15 is 0 Å². The van der Waals surface area contributed by atoms with Gasteiger partial charge in [-0.05, 0) is 44.6 Å². The molecule has 0 atom stereocenters. The van der Waals surface area contributed by atoms with Crippen LogP contribution in [0, 0.1) is 0 Å². The quantitative estimate of drug-likeness (QED) is 0.539. The lowest BCUT2D eigenvalue weighted by Crippen LogP contribution is -2.37. The van der Waals surface area contributed by atoms with Crippen molar-refractivity contribution in [3.63, 3.8) is 0 Å². The van der Waals surface area contributed by atoms with Crippen molar-refractivity contribution in [1.82, 2.24) is 9.88 Å². The monoisotopic (exact) mass is 425 g/mol. The van der Waals surface area contributed by atoms with Crippen LogP contribution >= 0.6 is 35.1 Å². The molecule has 0 N–H and O–H groups in total. The lowest BCUT2D eigenvalue weighted by molar-refractivity contribution is -0.118. The molecule has 3 rings (SSSR count). The molecule has 0 radical (unpaired) electrons. The fourth-order valence-corrected chi connectivity index (χ4v) is 4.31. The van der Waals surface area contributed by atoms with Crippen molar-refractivity contribution in [1.29, 1.82) is 0 Å². The Bertz CT molecular complexity index is 865. The number of hydrogen-bond donors (Lipinski definition) is 0. The molecule has 0 spiro atoms. The van der Waals surface area contributed by atoms with Crippen LogP contribution in [0.15, 0.2) is 35.7 Å². The van der Waals surface area contributed by atoms with E-state index in [4.69, 9.17) is 9.72 Å². The first-order chi connectivity index (χ1) is 12.6. The number of carbonyl (C=O) groups is 1. The molecule has 0 unspecified atom stereocenters. The Labute approximate surface area is 174 Å². The predicted molar refractivity (Wildman–Crippen MR) is 117 cm³/mol. The van der Waals surface area contributed by atoms with Crippen molar-refractivity contribution in [2.24, 2.45) is 0 Å². The van der Waals surface area contributed by atoms with E-state index < -0.39 is 0 Å². The fraction of sp³-hybridized carbons (Fsp3) is 0.368. The molecule has 2 aromatic heterocycles. The van der Waals surface area contributed by atoms with Gasteiger partial charge in [-0.2, -0.15) is 0 Å². The van der Waals surface area contributed by atoms with Gasteiger partial charge in [0, 0.05) is 18.0 Å². The van der Waals surface area contributed by atoms with Crippen molar-refractivity contribution in [3.05, 3.63) is 40.6 Å². The summed E-state index contributed by atoms with van der Waals surface area (Å²) >= 11 is 3.14. The van der Waals surface area contributed by atoms with Crippen LogP contribution in [-0.4, -0.2) is 49.6 Å². The van der Waals surface area contributed by atoms with E-state index in [1.165, 1.54) is 11.3 Å². The summed E-state index contributed by atoms with van der Waals surface area (Å²) in [5.74, 6) is 0.845. The number of hydrogen-bond acceptors (Lipinski definition) is 6. The molecule has 5 nitrogen and oxygen atoms in total. The Kier molecular flexibility index (Phi) is 8.04. The number of para-hydroxylation sites is 1.